The normalized spacial score (nSPS) is 25.5. The largest absolute Gasteiger partial charge is 0.396 e. The van der Waals surface area contributed by atoms with Gasteiger partial charge in [-0.25, -0.2) is 14.4 Å². The van der Waals surface area contributed by atoms with E-state index in [0.29, 0.717) is 41.2 Å². The van der Waals surface area contributed by atoms with Crippen molar-refractivity contribution >= 4 is 28.7 Å². The van der Waals surface area contributed by atoms with Crippen molar-refractivity contribution in [3.8, 4) is 0 Å². The molecule has 228 valence electrons. The topological polar surface area (TPSA) is 100 Å². The Morgan fingerprint density at radius 2 is 1.79 bits per heavy atom. The van der Waals surface area contributed by atoms with Gasteiger partial charge in [-0.15, -0.1) is 0 Å². The molecule has 9 nitrogen and oxygen atoms in total. The van der Waals surface area contributed by atoms with Gasteiger partial charge in [-0.3, -0.25) is 4.57 Å². The van der Waals surface area contributed by atoms with Crippen molar-refractivity contribution < 1.29 is 14.2 Å². The summed E-state index contributed by atoms with van der Waals surface area (Å²) in [5.41, 5.74) is 2.69. The van der Waals surface area contributed by atoms with Gasteiger partial charge in [0, 0.05) is 25.2 Å². The summed E-state index contributed by atoms with van der Waals surface area (Å²) in [5, 5.41) is 16.6. The van der Waals surface area contributed by atoms with Crippen LogP contribution in [0.25, 0.3) is 11.2 Å². The number of ether oxygens (including phenoxy) is 1. The number of rotatable bonds is 10. The van der Waals surface area contributed by atoms with Crippen LogP contribution in [0.1, 0.15) is 82.2 Å². The first-order chi connectivity index (χ1) is 20.6. The molecule has 1 aromatic carbocycles. The fourth-order valence-electron chi connectivity index (χ4n) is 6.97. The molecule has 0 radical (unpaired) electrons. The average molecular weight is 580 g/mol. The minimum absolute atomic E-state index is 0.160. The van der Waals surface area contributed by atoms with Crippen molar-refractivity contribution in [2.75, 3.05) is 43.5 Å². The van der Waals surface area contributed by atoms with Gasteiger partial charge in [0.25, 0.3) is 0 Å². The molecule has 3 aliphatic rings. The predicted octanol–water partition coefficient (Wildman–Crippen LogP) is 5.97. The molecule has 0 atom stereocenters. The number of para-hydroxylation sites is 1. The average Bonchev–Trinajstić information content (AvgIpc) is 3.38. The number of hydrogen-bond donors (Lipinski definition) is 3. The van der Waals surface area contributed by atoms with E-state index in [1.165, 1.54) is 38.4 Å². The Balaban J connectivity index is 1.14. The molecule has 0 bridgehead atoms. The number of nitrogens with one attached hydrogen (secondary N) is 2. The Morgan fingerprint density at radius 3 is 2.52 bits per heavy atom. The highest BCUT2D eigenvalue weighted by Gasteiger charge is 2.28. The van der Waals surface area contributed by atoms with E-state index in [-0.39, 0.29) is 18.5 Å². The highest BCUT2D eigenvalue weighted by molar-refractivity contribution is 5.77. The van der Waals surface area contributed by atoms with Gasteiger partial charge in [0.1, 0.15) is 11.3 Å². The van der Waals surface area contributed by atoms with Crippen LogP contribution < -0.4 is 10.6 Å². The van der Waals surface area contributed by atoms with Crippen LogP contribution in [0, 0.1) is 18.7 Å². The number of imidazole rings is 1. The highest BCUT2D eigenvalue weighted by atomic mass is 19.1. The van der Waals surface area contributed by atoms with Gasteiger partial charge < -0.3 is 25.4 Å². The van der Waals surface area contributed by atoms with Crippen LogP contribution in [0.15, 0.2) is 24.4 Å². The third-order valence-electron chi connectivity index (χ3n) is 9.55. The molecule has 2 aliphatic carbocycles. The fourth-order valence-corrected chi connectivity index (χ4v) is 6.97. The minimum atomic E-state index is -0.308. The van der Waals surface area contributed by atoms with Gasteiger partial charge in [-0.2, -0.15) is 4.98 Å². The van der Waals surface area contributed by atoms with Crippen molar-refractivity contribution in [1.82, 2.24) is 24.4 Å². The Kier molecular flexibility index (Phi) is 9.51. The number of aliphatic hydroxyl groups is 1. The Labute approximate surface area is 248 Å². The van der Waals surface area contributed by atoms with Crippen molar-refractivity contribution in [1.29, 1.82) is 0 Å². The standard InChI is InChI=1S/C32H46FN7O2/c1-22-6-5-7-27(33)29(22)37-32-36-28-20-34-31(38-30(28)40(32)25-12-8-23(21-41)9-13-25)35-24-10-14-26(15-11-24)42-19-18-39-16-3-2-4-17-39/h5-7,20,23-26,41H,2-4,8-19,21H2,1H3,(H,36,37)(H,34,35,38)/t23-,24-,25+,26-. The molecule has 3 heterocycles. The second kappa shape index (κ2) is 13.7. The number of aryl methyl sites for hydroxylation is 1. The van der Waals surface area contributed by atoms with Gasteiger partial charge >= 0.3 is 0 Å². The maximum Gasteiger partial charge on any atom is 0.224 e. The van der Waals surface area contributed by atoms with Crippen molar-refractivity contribution in [2.24, 2.45) is 5.92 Å². The zero-order valence-electron chi connectivity index (χ0n) is 24.9. The van der Waals surface area contributed by atoms with E-state index in [2.05, 4.69) is 25.1 Å². The second-order valence-electron chi connectivity index (χ2n) is 12.5. The lowest BCUT2D eigenvalue weighted by Gasteiger charge is -2.31. The molecule has 3 N–H and O–H groups in total. The highest BCUT2D eigenvalue weighted by Crippen LogP contribution is 2.37. The summed E-state index contributed by atoms with van der Waals surface area (Å²) >= 11 is 0. The molecular formula is C32H46FN7O2. The van der Waals surface area contributed by atoms with Crippen LogP contribution in [0.4, 0.5) is 22.0 Å². The third-order valence-corrected chi connectivity index (χ3v) is 9.55. The molecular weight excluding hydrogens is 533 g/mol. The quantitative estimate of drug-likeness (QED) is 0.270. The molecule has 3 fully saturated rings. The molecule has 6 rings (SSSR count). The molecule has 1 saturated heterocycles. The van der Waals surface area contributed by atoms with E-state index >= 15 is 0 Å². The molecule has 2 aromatic heterocycles. The van der Waals surface area contributed by atoms with E-state index in [9.17, 15) is 9.50 Å². The maximum absolute atomic E-state index is 14.8. The first-order valence-corrected chi connectivity index (χ1v) is 16.1. The summed E-state index contributed by atoms with van der Waals surface area (Å²) in [6.45, 7) is 6.42. The molecule has 10 heteroatoms. The second-order valence-corrected chi connectivity index (χ2v) is 12.5. The number of benzene rings is 1. The molecule has 42 heavy (non-hydrogen) atoms. The van der Waals surface area contributed by atoms with Crippen LogP contribution in [0.3, 0.4) is 0 Å². The number of piperidine rings is 1. The predicted molar refractivity (Wildman–Crippen MR) is 164 cm³/mol. The van der Waals surface area contributed by atoms with Gasteiger partial charge in [0.15, 0.2) is 5.65 Å². The van der Waals surface area contributed by atoms with Crippen LogP contribution in [0.2, 0.25) is 0 Å². The van der Waals surface area contributed by atoms with E-state index in [1.54, 1.807) is 12.3 Å². The van der Waals surface area contributed by atoms with E-state index in [4.69, 9.17) is 14.7 Å². The summed E-state index contributed by atoms with van der Waals surface area (Å²) in [6, 6.07) is 5.53. The molecule has 0 unspecified atom stereocenters. The number of aliphatic hydroxyl groups excluding tert-OH is 1. The van der Waals surface area contributed by atoms with E-state index < -0.39 is 0 Å². The summed E-state index contributed by atoms with van der Waals surface area (Å²) in [4.78, 5) is 16.9. The van der Waals surface area contributed by atoms with E-state index in [0.717, 1.165) is 75.7 Å². The number of nitrogens with zero attached hydrogens (tertiary/aromatic N) is 5. The van der Waals surface area contributed by atoms with Gasteiger partial charge in [0.2, 0.25) is 11.9 Å². The molecule has 2 saturated carbocycles. The molecule has 3 aromatic rings. The van der Waals surface area contributed by atoms with Crippen molar-refractivity contribution in [3.63, 3.8) is 0 Å². The minimum Gasteiger partial charge on any atom is -0.396 e. The van der Waals surface area contributed by atoms with Crippen molar-refractivity contribution in [2.45, 2.75) is 95.7 Å². The molecule has 1 aliphatic heterocycles. The lowest BCUT2D eigenvalue weighted by atomic mass is 9.86. The number of hydrogen-bond acceptors (Lipinski definition) is 8. The fraction of sp³-hybridized carbons (Fsp3) is 0.656. The molecule has 0 amide bonds. The summed E-state index contributed by atoms with van der Waals surface area (Å²) < 4.78 is 23.2. The van der Waals surface area contributed by atoms with Crippen molar-refractivity contribution in [3.05, 3.63) is 35.8 Å². The number of anilines is 3. The van der Waals surface area contributed by atoms with Gasteiger partial charge in [-0.05, 0) is 102 Å². The summed E-state index contributed by atoms with van der Waals surface area (Å²) in [5.74, 6) is 1.21. The SMILES string of the molecule is Cc1cccc(F)c1Nc1nc2cnc(N[C@H]3CC[C@H](OCCN4CCCCC4)CC3)nc2n1[C@H]1CC[C@@H](CO)CC1. The van der Waals surface area contributed by atoms with Gasteiger partial charge in [0.05, 0.1) is 24.6 Å². The Morgan fingerprint density at radius 1 is 1.00 bits per heavy atom. The number of halogens is 1. The summed E-state index contributed by atoms with van der Waals surface area (Å²) in [6.07, 6.45) is 14.0. The lowest BCUT2D eigenvalue weighted by molar-refractivity contribution is 0.0123. The Hall–Kier alpha value is -2.82. The van der Waals surface area contributed by atoms with Crippen LogP contribution >= 0.6 is 0 Å². The monoisotopic (exact) mass is 579 g/mol. The lowest BCUT2D eigenvalue weighted by Crippen LogP contribution is -2.35. The zero-order valence-corrected chi connectivity index (χ0v) is 24.9. The smallest absolute Gasteiger partial charge is 0.224 e. The van der Waals surface area contributed by atoms with Crippen LogP contribution in [0.5, 0.6) is 0 Å². The first-order valence-electron chi connectivity index (χ1n) is 16.1. The first kappa shape index (κ1) is 29.3. The number of likely N-dealkylation sites (tertiary alicyclic amines) is 1. The Bertz CT molecular complexity index is 1290. The van der Waals surface area contributed by atoms with Crippen LogP contribution in [-0.2, 0) is 4.74 Å². The number of fused-ring (bicyclic) bond motifs is 1. The number of aromatic nitrogens is 4. The zero-order chi connectivity index (χ0) is 28.9. The third kappa shape index (κ3) is 6.87. The van der Waals surface area contributed by atoms with E-state index in [1.807, 2.05) is 13.0 Å². The maximum atomic E-state index is 14.8. The summed E-state index contributed by atoms with van der Waals surface area (Å²) in [7, 11) is 0. The molecule has 0 spiro atoms. The van der Waals surface area contributed by atoms with Crippen LogP contribution in [-0.4, -0.2) is 74.5 Å². The van der Waals surface area contributed by atoms with Gasteiger partial charge in [-0.1, -0.05) is 18.6 Å².